The minimum absolute atomic E-state index is 0.219. The predicted molar refractivity (Wildman–Crippen MR) is 55.6 cm³/mol. The minimum atomic E-state index is -1.60. The molecule has 1 saturated heterocycles. The van der Waals surface area contributed by atoms with E-state index in [2.05, 4.69) is 0 Å². The number of carboxylic acids is 1. The lowest BCUT2D eigenvalue weighted by molar-refractivity contribution is -0.177. The summed E-state index contributed by atoms with van der Waals surface area (Å²) in [6.45, 7) is 6.08. The van der Waals surface area contributed by atoms with E-state index in [9.17, 15) is 9.90 Å². The summed E-state index contributed by atoms with van der Waals surface area (Å²) in [7, 11) is 0. The molecule has 1 heterocycles. The highest BCUT2D eigenvalue weighted by Crippen LogP contribution is 2.37. The smallest absolute Gasteiger partial charge is 0.335 e. The molecule has 0 aromatic heterocycles. The van der Waals surface area contributed by atoms with Gasteiger partial charge < -0.3 is 14.9 Å². The summed E-state index contributed by atoms with van der Waals surface area (Å²) in [5.74, 6) is -1.34. The lowest BCUT2D eigenvalue weighted by Crippen LogP contribution is -2.50. The maximum Gasteiger partial charge on any atom is 0.335 e. The second-order valence-corrected chi connectivity index (χ2v) is 4.88. The van der Waals surface area contributed by atoms with Gasteiger partial charge in [-0.2, -0.15) is 0 Å². The highest BCUT2D eigenvalue weighted by molar-refractivity contribution is 5.77. The number of hydrogen-bond donors (Lipinski definition) is 2. The summed E-state index contributed by atoms with van der Waals surface area (Å²) in [6, 6.07) is 0. The van der Waals surface area contributed by atoms with Crippen LogP contribution in [0.5, 0.6) is 0 Å². The van der Waals surface area contributed by atoms with Gasteiger partial charge >= 0.3 is 5.97 Å². The van der Waals surface area contributed by atoms with Crippen molar-refractivity contribution in [2.24, 2.45) is 5.92 Å². The van der Waals surface area contributed by atoms with Crippen molar-refractivity contribution in [3.05, 3.63) is 0 Å². The first-order valence-electron chi connectivity index (χ1n) is 5.41. The number of carbonyl (C=O) groups is 1. The molecule has 0 aromatic rings. The van der Waals surface area contributed by atoms with Gasteiger partial charge in [0.05, 0.1) is 5.60 Å². The zero-order valence-corrected chi connectivity index (χ0v) is 9.62. The molecule has 0 radical (unpaired) electrons. The number of carboxylic acid groups (broad SMARTS) is 1. The molecule has 15 heavy (non-hydrogen) atoms. The summed E-state index contributed by atoms with van der Waals surface area (Å²) >= 11 is 0. The monoisotopic (exact) mass is 216 g/mol. The van der Waals surface area contributed by atoms with Gasteiger partial charge in [-0.1, -0.05) is 6.92 Å². The zero-order valence-electron chi connectivity index (χ0n) is 9.62. The van der Waals surface area contributed by atoms with E-state index in [0.717, 1.165) is 0 Å². The fourth-order valence-corrected chi connectivity index (χ4v) is 2.25. The van der Waals surface area contributed by atoms with Crippen LogP contribution in [0, 0.1) is 5.92 Å². The molecule has 0 aliphatic carbocycles. The molecule has 0 spiro atoms. The summed E-state index contributed by atoms with van der Waals surface area (Å²) in [4.78, 5) is 11.1. The second-order valence-electron chi connectivity index (χ2n) is 4.88. The van der Waals surface area contributed by atoms with Crippen LogP contribution in [-0.4, -0.2) is 34.0 Å². The van der Waals surface area contributed by atoms with Crippen molar-refractivity contribution < 1.29 is 19.7 Å². The Bertz CT molecular complexity index is 249. The van der Waals surface area contributed by atoms with E-state index in [1.54, 1.807) is 6.92 Å². The summed E-state index contributed by atoms with van der Waals surface area (Å²) < 4.78 is 5.51. The second kappa shape index (κ2) is 4.10. The third-order valence-corrected chi connectivity index (χ3v) is 3.28. The first-order valence-corrected chi connectivity index (χ1v) is 5.41. The molecule has 1 fully saturated rings. The van der Waals surface area contributed by atoms with Gasteiger partial charge in [0.2, 0.25) is 0 Å². The molecule has 1 aliphatic rings. The van der Waals surface area contributed by atoms with E-state index in [4.69, 9.17) is 9.84 Å². The van der Waals surface area contributed by atoms with Gasteiger partial charge in [0.1, 0.15) is 0 Å². The van der Waals surface area contributed by atoms with Crippen LogP contribution in [0.1, 0.15) is 40.0 Å². The van der Waals surface area contributed by atoms with E-state index in [1.165, 1.54) is 0 Å². The van der Waals surface area contributed by atoms with Crippen LogP contribution in [0.25, 0.3) is 0 Å². The van der Waals surface area contributed by atoms with Crippen molar-refractivity contribution in [2.75, 3.05) is 6.61 Å². The average Bonchev–Trinajstić information content (AvgIpc) is 2.14. The van der Waals surface area contributed by atoms with Crippen molar-refractivity contribution >= 4 is 5.97 Å². The van der Waals surface area contributed by atoms with Gasteiger partial charge in [0.15, 0.2) is 5.60 Å². The Hall–Kier alpha value is -0.610. The Balaban J connectivity index is 2.81. The number of ether oxygens (including phenoxy) is 1. The van der Waals surface area contributed by atoms with Gasteiger partial charge in [-0.15, -0.1) is 0 Å². The SMILES string of the molecule is CCC(O)(C(=O)O)C1CCOC(C)(C)C1. The fourth-order valence-electron chi connectivity index (χ4n) is 2.25. The van der Waals surface area contributed by atoms with Gasteiger partial charge in [-0.25, -0.2) is 4.79 Å². The van der Waals surface area contributed by atoms with Crippen LogP contribution in [0.4, 0.5) is 0 Å². The molecule has 0 saturated carbocycles. The highest BCUT2D eigenvalue weighted by Gasteiger charge is 2.46. The van der Waals surface area contributed by atoms with Crippen LogP contribution < -0.4 is 0 Å². The average molecular weight is 216 g/mol. The molecule has 0 amide bonds. The van der Waals surface area contributed by atoms with Gasteiger partial charge in [-0.05, 0) is 33.1 Å². The molecule has 2 unspecified atom stereocenters. The fraction of sp³-hybridized carbons (Fsp3) is 0.909. The standard InChI is InChI=1S/C11H20O4/c1-4-11(14,9(12)13)8-5-6-15-10(2,3)7-8/h8,14H,4-7H2,1-3H3,(H,12,13). The normalized spacial score (nSPS) is 29.5. The Labute approximate surface area is 90.2 Å². The molecule has 0 aromatic carbocycles. The molecule has 1 aliphatic heterocycles. The van der Waals surface area contributed by atoms with E-state index in [0.29, 0.717) is 19.4 Å². The first kappa shape index (κ1) is 12.5. The number of hydrogen-bond acceptors (Lipinski definition) is 3. The molecule has 0 bridgehead atoms. The largest absolute Gasteiger partial charge is 0.479 e. The lowest BCUT2D eigenvalue weighted by atomic mass is 9.75. The van der Waals surface area contributed by atoms with E-state index < -0.39 is 11.6 Å². The van der Waals surface area contributed by atoms with Crippen molar-refractivity contribution in [1.82, 2.24) is 0 Å². The topological polar surface area (TPSA) is 66.8 Å². The van der Waals surface area contributed by atoms with Crippen molar-refractivity contribution in [1.29, 1.82) is 0 Å². The Kier molecular flexibility index (Phi) is 3.41. The molecule has 2 N–H and O–H groups in total. The van der Waals surface area contributed by atoms with E-state index >= 15 is 0 Å². The van der Waals surface area contributed by atoms with Crippen LogP contribution in [-0.2, 0) is 9.53 Å². The van der Waals surface area contributed by atoms with Gasteiger partial charge in [0, 0.05) is 12.5 Å². The minimum Gasteiger partial charge on any atom is -0.479 e. The van der Waals surface area contributed by atoms with Crippen LogP contribution in [0.2, 0.25) is 0 Å². The molecule has 4 heteroatoms. The molecule has 2 atom stereocenters. The van der Waals surface area contributed by atoms with Crippen LogP contribution in [0.15, 0.2) is 0 Å². The third-order valence-electron chi connectivity index (χ3n) is 3.28. The summed E-state index contributed by atoms with van der Waals surface area (Å²) in [5.41, 5.74) is -1.93. The maximum absolute atomic E-state index is 11.1. The molecule has 4 nitrogen and oxygen atoms in total. The van der Waals surface area contributed by atoms with Crippen LogP contribution in [0.3, 0.4) is 0 Å². The van der Waals surface area contributed by atoms with Crippen molar-refractivity contribution in [3.8, 4) is 0 Å². The Morgan fingerprint density at radius 3 is 2.60 bits per heavy atom. The first-order chi connectivity index (χ1) is 6.82. The van der Waals surface area contributed by atoms with E-state index in [1.807, 2.05) is 13.8 Å². The molecule has 1 rings (SSSR count). The van der Waals surface area contributed by atoms with Gasteiger partial charge in [-0.3, -0.25) is 0 Å². The van der Waals surface area contributed by atoms with Crippen LogP contribution >= 0.6 is 0 Å². The highest BCUT2D eigenvalue weighted by atomic mass is 16.5. The molecular formula is C11H20O4. The van der Waals surface area contributed by atoms with E-state index in [-0.39, 0.29) is 17.9 Å². The molecule has 88 valence electrons. The molecular weight excluding hydrogens is 196 g/mol. The zero-order chi connectivity index (χ0) is 11.7. The maximum atomic E-state index is 11.1. The van der Waals surface area contributed by atoms with Crippen molar-refractivity contribution in [3.63, 3.8) is 0 Å². The summed E-state index contributed by atoms with van der Waals surface area (Å²) in [6.07, 6.45) is 1.44. The Morgan fingerprint density at radius 1 is 1.60 bits per heavy atom. The number of aliphatic carboxylic acids is 1. The summed E-state index contributed by atoms with van der Waals surface area (Å²) in [5, 5.41) is 19.2. The van der Waals surface area contributed by atoms with Crippen molar-refractivity contribution in [2.45, 2.75) is 51.2 Å². The third kappa shape index (κ3) is 2.49. The number of aliphatic hydroxyl groups is 1. The predicted octanol–water partition coefficient (Wildman–Crippen LogP) is 1.42. The lowest BCUT2D eigenvalue weighted by Gasteiger charge is -2.41. The Morgan fingerprint density at radius 2 is 2.20 bits per heavy atom. The number of rotatable bonds is 3. The quantitative estimate of drug-likeness (QED) is 0.748. The van der Waals surface area contributed by atoms with Gasteiger partial charge in [0.25, 0.3) is 0 Å².